The van der Waals surface area contributed by atoms with Crippen LogP contribution in [0.25, 0.3) is 0 Å². The third-order valence-corrected chi connectivity index (χ3v) is 3.59. The topological polar surface area (TPSA) is 85.5 Å². The van der Waals surface area contributed by atoms with Crippen molar-refractivity contribution in [3.8, 4) is 0 Å². The number of rotatable bonds is 5. The van der Waals surface area contributed by atoms with Gasteiger partial charge in [0.05, 0.1) is 5.69 Å². The zero-order chi connectivity index (χ0) is 15.4. The summed E-state index contributed by atoms with van der Waals surface area (Å²) in [6, 6.07) is 0.103. The van der Waals surface area contributed by atoms with Crippen molar-refractivity contribution >= 4 is 28.4 Å². The van der Waals surface area contributed by atoms with Crippen molar-refractivity contribution in [2.24, 2.45) is 0 Å². The van der Waals surface area contributed by atoms with Crippen LogP contribution in [0.2, 0.25) is 0 Å². The number of nitrogens with zero attached hydrogens (tertiary/aromatic N) is 2. The van der Waals surface area contributed by atoms with Crippen LogP contribution in [-0.4, -0.2) is 39.8 Å². The van der Waals surface area contributed by atoms with Gasteiger partial charge in [-0.25, -0.2) is 4.79 Å². The maximum absolute atomic E-state index is 12.1. The largest absolute Gasteiger partial charge is 0.452 e. The van der Waals surface area contributed by atoms with Gasteiger partial charge in [0.25, 0.3) is 5.91 Å². The minimum atomic E-state index is -0.602. The predicted molar refractivity (Wildman–Crippen MR) is 78.7 cm³/mol. The fraction of sp³-hybridized carbons (Fsp3) is 0.615. The molecule has 0 radical (unpaired) electrons. The van der Waals surface area contributed by atoms with Crippen molar-refractivity contribution in [1.82, 2.24) is 9.27 Å². The lowest BCUT2D eigenvalue weighted by Gasteiger charge is -2.30. The Morgan fingerprint density at radius 3 is 2.25 bits per heavy atom. The first-order valence-electron chi connectivity index (χ1n) is 6.45. The molecule has 1 heterocycles. The van der Waals surface area contributed by atoms with Crippen LogP contribution < -0.4 is 5.73 Å². The Labute approximate surface area is 123 Å². The Morgan fingerprint density at radius 2 is 1.85 bits per heavy atom. The predicted octanol–water partition coefficient (Wildman–Crippen LogP) is 1.84. The number of nitrogens with two attached hydrogens (primary N) is 1. The summed E-state index contributed by atoms with van der Waals surface area (Å²) in [6.07, 6.45) is 0. The monoisotopic (exact) mass is 299 g/mol. The fourth-order valence-electron chi connectivity index (χ4n) is 2.08. The molecular weight excluding hydrogens is 278 g/mol. The summed E-state index contributed by atoms with van der Waals surface area (Å²) < 4.78 is 9.02. The van der Waals surface area contributed by atoms with Crippen molar-refractivity contribution in [2.45, 2.75) is 46.7 Å². The number of nitrogen functional groups attached to an aromatic ring is 1. The van der Waals surface area contributed by atoms with Crippen LogP contribution in [0.4, 0.5) is 5.00 Å². The number of aryl methyl sites for hydroxylation is 1. The van der Waals surface area contributed by atoms with E-state index in [9.17, 15) is 9.59 Å². The quantitative estimate of drug-likeness (QED) is 0.838. The number of carbonyl (C=O) groups excluding carboxylic acids is 2. The van der Waals surface area contributed by atoms with Gasteiger partial charge in [0.2, 0.25) is 0 Å². The summed E-state index contributed by atoms with van der Waals surface area (Å²) in [5.41, 5.74) is 6.44. The second kappa shape index (κ2) is 6.69. The molecule has 0 unspecified atom stereocenters. The first-order valence-corrected chi connectivity index (χ1v) is 7.23. The Kier molecular flexibility index (Phi) is 5.50. The molecule has 0 aliphatic carbocycles. The van der Waals surface area contributed by atoms with Gasteiger partial charge < -0.3 is 15.4 Å². The second-order valence-electron chi connectivity index (χ2n) is 5.07. The minimum absolute atomic E-state index is 0.0517. The van der Waals surface area contributed by atoms with E-state index < -0.39 is 5.97 Å². The van der Waals surface area contributed by atoms with E-state index in [1.54, 1.807) is 11.8 Å². The number of esters is 1. The molecule has 0 saturated carbocycles. The van der Waals surface area contributed by atoms with Gasteiger partial charge in [-0.1, -0.05) is 0 Å². The summed E-state index contributed by atoms with van der Waals surface area (Å²) in [5.74, 6) is -0.822. The summed E-state index contributed by atoms with van der Waals surface area (Å²) in [4.78, 5) is 25.7. The minimum Gasteiger partial charge on any atom is -0.452 e. The van der Waals surface area contributed by atoms with Crippen LogP contribution >= 0.6 is 11.5 Å². The molecule has 0 aliphatic heterocycles. The van der Waals surface area contributed by atoms with E-state index >= 15 is 0 Å². The fourth-order valence-corrected chi connectivity index (χ4v) is 2.73. The number of ether oxygens (including phenoxy) is 1. The van der Waals surface area contributed by atoms with Gasteiger partial charge in [0.15, 0.2) is 6.61 Å². The molecule has 0 aliphatic rings. The lowest BCUT2D eigenvalue weighted by Crippen LogP contribution is -2.44. The zero-order valence-corrected chi connectivity index (χ0v) is 13.3. The van der Waals surface area contributed by atoms with Crippen LogP contribution in [-0.2, 0) is 9.53 Å². The van der Waals surface area contributed by atoms with Gasteiger partial charge in [-0.2, -0.15) is 4.37 Å². The number of carbonyl (C=O) groups is 2. The summed E-state index contributed by atoms with van der Waals surface area (Å²) in [5, 5.41) is 0.310. The molecule has 0 bridgehead atoms. The van der Waals surface area contributed by atoms with Gasteiger partial charge in [-0.05, 0) is 46.2 Å². The highest BCUT2D eigenvalue weighted by Gasteiger charge is 2.23. The van der Waals surface area contributed by atoms with Crippen molar-refractivity contribution in [1.29, 1.82) is 0 Å². The lowest BCUT2D eigenvalue weighted by atomic mass is 10.2. The smallest absolute Gasteiger partial charge is 0.343 e. The van der Waals surface area contributed by atoms with Crippen molar-refractivity contribution in [2.75, 3.05) is 12.3 Å². The Hall–Kier alpha value is -1.63. The van der Waals surface area contributed by atoms with Gasteiger partial charge >= 0.3 is 5.97 Å². The number of amides is 1. The van der Waals surface area contributed by atoms with Gasteiger partial charge in [0, 0.05) is 12.1 Å². The molecule has 6 nitrogen and oxygen atoms in total. The molecule has 0 aromatic carbocycles. The van der Waals surface area contributed by atoms with E-state index in [1.807, 2.05) is 27.7 Å². The van der Waals surface area contributed by atoms with E-state index in [0.29, 0.717) is 10.7 Å². The zero-order valence-electron chi connectivity index (χ0n) is 12.5. The highest BCUT2D eigenvalue weighted by atomic mass is 32.1. The van der Waals surface area contributed by atoms with Crippen molar-refractivity contribution in [3.05, 3.63) is 11.3 Å². The molecule has 1 aromatic rings. The SMILES string of the molecule is Cc1nsc(N)c1C(=O)OCC(=O)N(C(C)C)C(C)C. The van der Waals surface area contributed by atoms with E-state index in [4.69, 9.17) is 10.5 Å². The molecule has 0 spiro atoms. The number of hydrogen-bond donors (Lipinski definition) is 1. The maximum Gasteiger partial charge on any atom is 0.343 e. The Morgan fingerprint density at radius 1 is 1.30 bits per heavy atom. The average molecular weight is 299 g/mol. The Balaban J connectivity index is 2.68. The second-order valence-corrected chi connectivity index (χ2v) is 5.88. The van der Waals surface area contributed by atoms with Crippen molar-refractivity contribution < 1.29 is 14.3 Å². The first kappa shape index (κ1) is 16.4. The van der Waals surface area contributed by atoms with Crippen LogP contribution in [0.3, 0.4) is 0 Å². The average Bonchev–Trinajstić information content (AvgIpc) is 2.65. The standard InChI is InChI=1S/C13H21N3O3S/c1-7(2)16(8(3)4)10(17)6-19-13(18)11-9(5)15-20-12(11)14/h7-8H,6,14H2,1-5H3. The van der Waals surface area contributed by atoms with E-state index in [2.05, 4.69) is 4.37 Å². The summed E-state index contributed by atoms with van der Waals surface area (Å²) in [6.45, 7) is 9.08. The third-order valence-electron chi connectivity index (χ3n) is 2.82. The molecule has 7 heteroatoms. The molecule has 1 rings (SSSR count). The van der Waals surface area contributed by atoms with E-state index in [-0.39, 0.29) is 30.2 Å². The maximum atomic E-state index is 12.1. The van der Waals surface area contributed by atoms with Crippen LogP contribution in [0.5, 0.6) is 0 Å². The normalized spacial score (nSPS) is 10.9. The molecule has 0 saturated heterocycles. The summed E-state index contributed by atoms with van der Waals surface area (Å²) in [7, 11) is 0. The number of anilines is 1. The summed E-state index contributed by atoms with van der Waals surface area (Å²) >= 11 is 1.04. The molecule has 20 heavy (non-hydrogen) atoms. The van der Waals surface area contributed by atoms with Crippen LogP contribution in [0.1, 0.15) is 43.7 Å². The first-order chi connectivity index (χ1) is 9.25. The molecule has 1 amide bonds. The van der Waals surface area contributed by atoms with E-state index in [0.717, 1.165) is 11.5 Å². The van der Waals surface area contributed by atoms with Crippen LogP contribution in [0.15, 0.2) is 0 Å². The molecule has 1 aromatic heterocycles. The highest BCUT2D eigenvalue weighted by molar-refractivity contribution is 7.10. The van der Waals surface area contributed by atoms with Gasteiger partial charge in [-0.15, -0.1) is 0 Å². The highest BCUT2D eigenvalue weighted by Crippen LogP contribution is 2.21. The molecule has 0 atom stereocenters. The van der Waals surface area contributed by atoms with E-state index in [1.165, 1.54) is 0 Å². The molecule has 2 N–H and O–H groups in total. The molecule has 0 fully saturated rings. The van der Waals surface area contributed by atoms with Crippen molar-refractivity contribution in [3.63, 3.8) is 0 Å². The van der Waals surface area contributed by atoms with Crippen LogP contribution in [0, 0.1) is 6.92 Å². The molecular formula is C13H21N3O3S. The number of hydrogen-bond acceptors (Lipinski definition) is 6. The molecule has 112 valence electrons. The van der Waals surface area contributed by atoms with Gasteiger partial charge in [0.1, 0.15) is 10.6 Å². The lowest BCUT2D eigenvalue weighted by molar-refractivity contribution is -0.138. The Bertz CT molecular complexity index is 470. The third kappa shape index (κ3) is 3.69. The number of aromatic nitrogens is 1. The van der Waals surface area contributed by atoms with Gasteiger partial charge in [-0.3, -0.25) is 4.79 Å².